The van der Waals surface area contributed by atoms with E-state index in [1.54, 1.807) is 20.8 Å². The fraction of sp³-hybridized carbons (Fsp3) is 0.333. The van der Waals surface area contributed by atoms with Gasteiger partial charge in [-0.05, 0) is 52.6 Å². The molecule has 0 N–H and O–H groups in total. The Morgan fingerprint density at radius 2 is 1.78 bits per heavy atom. The van der Waals surface area contributed by atoms with Crippen LogP contribution in [-0.4, -0.2) is 22.5 Å². The first-order chi connectivity index (χ1) is 8.26. The predicted octanol–water partition coefficient (Wildman–Crippen LogP) is 2.56. The van der Waals surface area contributed by atoms with Crippen LogP contribution in [0.1, 0.15) is 17.1 Å². The first-order valence-corrected chi connectivity index (χ1v) is 7.88. The van der Waals surface area contributed by atoms with E-state index < -0.39 is 10.0 Å². The summed E-state index contributed by atoms with van der Waals surface area (Å²) in [4.78, 5) is 4.11. The van der Waals surface area contributed by atoms with Gasteiger partial charge in [0.1, 0.15) is 10.3 Å². The normalized spacial score (nSPS) is 12.1. The Labute approximate surface area is 121 Å². The monoisotopic (exact) mass is 397 g/mol. The zero-order chi connectivity index (χ0) is 13.7. The number of imidazole rings is 1. The molecule has 98 valence electrons. The van der Waals surface area contributed by atoms with Crippen molar-refractivity contribution in [3.63, 3.8) is 0 Å². The Hall–Kier alpha value is -0.670. The van der Waals surface area contributed by atoms with Gasteiger partial charge in [0, 0.05) is 0 Å². The largest absolute Gasteiger partial charge is 0.360 e. The minimum absolute atomic E-state index is 0.0568. The third kappa shape index (κ3) is 1.94. The van der Waals surface area contributed by atoms with E-state index >= 15 is 0 Å². The Balaban J connectivity index is 2.78. The summed E-state index contributed by atoms with van der Waals surface area (Å²) in [5, 5.41) is 3.66. The Morgan fingerprint density at radius 1 is 1.17 bits per heavy atom. The van der Waals surface area contributed by atoms with Crippen LogP contribution in [0.2, 0.25) is 0 Å². The molecule has 0 saturated carbocycles. The summed E-state index contributed by atoms with van der Waals surface area (Å²) < 4.78 is 31.6. The molecule has 6 nitrogen and oxygen atoms in total. The molecule has 2 aromatic heterocycles. The molecule has 0 atom stereocenters. The van der Waals surface area contributed by atoms with Crippen LogP contribution in [0.4, 0.5) is 0 Å². The smallest absolute Gasteiger partial charge is 0.276 e. The molecule has 0 aliphatic rings. The lowest BCUT2D eigenvalue weighted by Gasteiger charge is -2.07. The predicted molar refractivity (Wildman–Crippen MR) is 70.9 cm³/mol. The molecule has 0 amide bonds. The van der Waals surface area contributed by atoms with Crippen molar-refractivity contribution in [1.29, 1.82) is 0 Å². The molecular formula is C9H9Br2N3O3S. The van der Waals surface area contributed by atoms with Gasteiger partial charge in [0.2, 0.25) is 0 Å². The second-order valence-electron chi connectivity index (χ2n) is 3.68. The summed E-state index contributed by atoms with van der Waals surface area (Å²) in [6, 6.07) is 0. The van der Waals surface area contributed by atoms with Crippen molar-refractivity contribution in [1.82, 2.24) is 14.1 Å². The van der Waals surface area contributed by atoms with Crippen molar-refractivity contribution in [2.75, 3.05) is 0 Å². The number of aryl methyl sites for hydroxylation is 3. The molecule has 0 saturated heterocycles. The van der Waals surface area contributed by atoms with Crippen LogP contribution in [0.3, 0.4) is 0 Å². The van der Waals surface area contributed by atoms with E-state index in [9.17, 15) is 8.42 Å². The second-order valence-corrected chi connectivity index (χ2v) is 6.86. The van der Waals surface area contributed by atoms with Gasteiger partial charge in [-0.3, -0.25) is 0 Å². The van der Waals surface area contributed by atoms with E-state index in [1.165, 1.54) is 0 Å². The minimum Gasteiger partial charge on any atom is -0.360 e. The topological polar surface area (TPSA) is 78.0 Å². The maximum absolute atomic E-state index is 12.6. The van der Waals surface area contributed by atoms with Crippen LogP contribution in [0.25, 0.3) is 0 Å². The lowest BCUT2D eigenvalue weighted by molar-refractivity contribution is 0.390. The maximum atomic E-state index is 12.6. The van der Waals surface area contributed by atoms with Crippen molar-refractivity contribution < 1.29 is 12.9 Å². The van der Waals surface area contributed by atoms with Crippen LogP contribution < -0.4 is 0 Å². The summed E-state index contributed by atoms with van der Waals surface area (Å²) in [7, 11) is -3.79. The number of hydrogen-bond donors (Lipinski definition) is 0. The number of rotatable bonds is 2. The Bertz CT molecular complexity index is 698. The highest BCUT2D eigenvalue weighted by atomic mass is 79.9. The van der Waals surface area contributed by atoms with Crippen LogP contribution in [-0.2, 0) is 10.0 Å². The zero-order valence-corrected chi connectivity index (χ0v) is 13.7. The second kappa shape index (κ2) is 4.46. The lowest BCUT2D eigenvalue weighted by Crippen LogP contribution is -2.15. The molecule has 0 aliphatic carbocycles. The Morgan fingerprint density at radius 3 is 2.17 bits per heavy atom. The SMILES string of the molecule is Cc1noc(C)c1S(=O)(=O)n1c(Br)nc(C)c1Br. The van der Waals surface area contributed by atoms with Crippen LogP contribution in [0.15, 0.2) is 18.8 Å². The first kappa shape index (κ1) is 13.8. The van der Waals surface area contributed by atoms with Crippen LogP contribution >= 0.6 is 31.9 Å². The standard InChI is InChI=1S/C9H9Br2N3O3S/c1-4-7(6(3)17-13-4)18(15,16)14-8(10)5(2)12-9(14)11/h1-3H3. The molecule has 9 heteroatoms. The lowest BCUT2D eigenvalue weighted by atomic mass is 10.4. The van der Waals surface area contributed by atoms with Crippen LogP contribution in [0, 0.1) is 20.8 Å². The van der Waals surface area contributed by atoms with Gasteiger partial charge in [0.25, 0.3) is 10.0 Å². The highest BCUT2D eigenvalue weighted by Crippen LogP contribution is 2.30. The van der Waals surface area contributed by atoms with Gasteiger partial charge < -0.3 is 4.52 Å². The number of aromatic nitrogens is 3. The summed E-state index contributed by atoms with van der Waals surface area (Å²) in [6.07, 6.45) is 0. The molecule has 0 aromatic carbocycles. The molecule has 0 fully saturated rings. The van der Waals surface area contributed by atoms with Crippen molar-refractivity contribution in [3.8, 4) is 0 Å². The van der Waals surface area contributed by atoms with E-state index in [1.807, 2.05) is 0 Å². The number of hydrogen-bond acceptors (Lipinski definition) is 5. The summed E-state index contributed by atoms with van der Waals surface area (Å²) in [5.41, 5.74) is 0.884. The van der Waals surface area contributed by atoms with E-state index in [2.05, 4.69) is 42.0 Å². The minimum atomic E-state index is -3.79. The number of halogens is 2. The molecule has 2 rings (SSSR count). The van der Waals surface area contributed by atoms with Gasteiger partial charge in [0.05, 0.1) is 5.69 Å². The molecule has 0 bridgehead atoms. The third-order valence-electron chi connectivity index (χ3n) is 2.37. The van der Waals surface area contributed by atoms with Gasteiger partial charge in [-0.2, -0.15) is 0 Å². The summed E-state index contributed by atoms with van der Waals surface area (Å²) >= 11 is 6.34. The maximum Gasteiger partial charge on any atom is 0.276 e. The van der Waals surface area contributed by atoms with E-state index in [4.69, 9.17) is 4.52 Å². The average Bonchev–Trinajstić information content (AvgIpc) is 2.69. The van der Waals surface area contributed by atoms with Gasteiger partial charge in [-0.25, -0.2) is 17.4 Å². The summed E-state index contributed by atoms with van der Waals surface area (Å²) in [5.74, 6) is 0.248. The van der Waals surface area contributed by atoms with Gasteiger partial charge in [0.15, 0.2) is 15.4 Å². The van der Waals surface area contributed by atoms with E-state index in [-0.39, 0.29) is 15.4 Å². The van der Waals surface area contributed by atoms with Crippen molar-refractivity contribution >= 4 is 41.9 Å². The summed E-state index contributed by atoms with van der Waals surface area (Å²) in [6.45, 7) is 4.83. The van der Waals surface area contributed by atoms with E-state index in [0.717, 1.165) is 3.97 Å². The molecule has 2 heterocycles. The van der Waals surface area contributed by atoms with Gasteiger partial charge in [-0.1, -0.05) is 5.16 Å². The Kier molecular flexibility index (Phi) is 3.41. The zero-order valence-electron chi connectivity index (χ0n) is 9.73. The fourth-order valence-corrected chi connectivity index (χ4v) is 5.25. The molecule has 2 aromatic rings. The molecule has 0 aliphatic heterocycles. The average molecular weight is 399 g/mol. The van der Waals surface area contributed by atoms with Crippen molar-refractivity contribution in [2.24, 2.45) is 0 Å². The molecular weight excluding hydrogens is 390 g/mol. The molecule has 0 radical (unpaired) electrons. The highest BCUT2D eigenvalue weighted by molar-refractivity contribution is 9.11. The quantitative estimate of drug-likeness (QED) is 0.776. The molecule has 0 unspecified atom stereocenters. The third-order valence-corrected chi connectivity index (χ3v) is 6.24. The highest BCUT2D eigenvalue weighted by Gasteiger charge is 2.30. The van der Waals surface area contributed by atoms with Crippen LogP contribution in [0.5, 0.6) is 0 Å². The molecule has 18 heavy (non-hydrogen) atoms. The van der Waals surface area contributed by atoms with Gasteiger partial charge >= 0.3 is 0 Å². The van der Waals surface area contributed by atoms with Crippen molar-refractivity contribution in [3.05, 3.63) is 26.5 Å². The van der Waals surface area contributed by atoms with Gasteiger partial charge in [-0.15, -0.1) is 0 Å². The first-order valence-electron chi connectivity index (χ1n) is 4.85. The van der Waals surface area contributed by atoms with Crippen molar-refractivity contribution in [2.45, 2.75) is 25.7 Å². The van der Waals surface area contributed by atoms with E-state index in [0.29, 0.717) is 16.0 Å². The molecule has 0 spiro atoms. The number of nitrogens with zero attached hydrogens (tertiary/aromatic N) is 3. The fourth-order valence-electron chi connectivity index (χ4n) is 1.60.